The number of carbonyl (C=O) groups excluding carboxylic acids is 1. The molecule has 1 aromatic carbocycles. The maximum Gasteiger partial charge on any atom is 0.336 e. The lowest BCUT2D eigenvalue weighted by atomic mass is 10.00. The van der Waals surface area contributed by atoms with Crippen LogP contribution in [0.1, 0.15) is 38.2 Å². The Morgan fingerprint density at radius 1 is 1.14 bits per heavy atom. The van der Waals surface area contributed by atoms with Crippen molar-refractivity contribution < 1.29 is 4.79 Å². The number of thiophene rings is 1. The molecule has 0 N–H and O–H groups in total. The van der Waals surface area contributed by atoms with Crippen molar-refractivity contribution in [1.29, 1.82) is 0 Å². The smallest absolute Gasteiger partial charge is 0.336 e. The summed E-state index contributed by atoms with van der Waals surface area (Å²) in [6.07, 6.45) is 4.05. The topological polar surface area (TPSA) is 64.3 Å². The van der Waals surface area contributed by atoms with Gasteiger partial charge in [0.15, 0.2) is 0 Å². The van der Waals surface area contributed by atoms with E-state index in [2.05, 4.69) is 6.92 Å². The van der Waals surface area contributed by atoms with E-state index in [1.165, 1.54) is 20.5 Å². The number of hydrogen-bond donors (Lipinski definition) is 0. The normalized spacial score (nSPS) is 17.0. The zero-order chi connectivity index (χ0) is 20.5. The van der Waals surface area contributed by atoms with Crippen LogP contribution in [0, 0.1) is 6.92 Å². The van der Waals surface area contributed by atoms with Crippen molar-refractivity contribution in [2.24, 2.45) is 0 Å². The molecule has 0 unspecified atom stereocenters. The number of amides is 1. The second kappa shape index (κ2) is 7.99. The zero-order valence-electron chi connectivity index (χ0n) is 16.8. The van der Waals surface area contributed by atoms with Crippen LogP contribution in [0.3, 0.4) is 0 Å². The fraction of sp³-hybridized carbons (Fsp3) is 0.409. The second-order valence-electron chi connectivity index (χ2n) is 7.62. The number of nitrogens with zero attached hydrogens (tertiary/aromatic N) is 3. The van der Waals surface area contributed by atoms with Crippen molar-refractivity contribution in [3.05, 3.63) is 62.1 Å². The van der Waals surface area contributed by atoms with Crippen LogP contribution >= 0.6 is 11.3 Å². The fourth-order valence-corrected chi connectivity index (χ4v) is 4.97. The summed E-state index contributed by atoms with van der Waals surface area (Å²) in [5, 5.41) is 1.79. The van der Waals surface area contributed by atoms with E-state index in [0.29, 0.717) is 15.9 Å². The Labute approximate surface area is 173 Å². The van der Waals surface area contributed by atoms with Gasteiger partial charge in [0.1, 0.15) is 11.2 Å². The summed E-state index contributed by atoms with van der Waals surface area (Å²) >= 11 is 1.30. The molecule has 0 radical (unpaired) electrons. The third kappa shape index (κ3) is 3.55. The molecule has 7 heteroatoms. The Balaban J connectivity index is 1.81. The maximum absolute atomic E-state index is 13.3. The number of piperidine rings is 1. The Kier molecular flexibility index (Phi) is 5.41. The minimum absolute atomic E-state index is 0.0469. The molecule has 3 aromatic rings. The van der Waals surface area contributed by atoms with Gasteiger partial charge in [-0.05, 0) is 56.2 Å². The first kappa shape index (κ1) is 19.6. The summed E-state index contributed by atoms with van der Waals surface area (Å²) in [7, 11) is 0. The fourth-order valence-electron chi connectivity index (χ4n) is 4.14. The predicted molar refractivity (Wildman–Crippen MR) is 116 cm³/mol. The average Bonchev–Trinajstić information content (AvgIpc) is 3.22. The molecule has 4 rings (SSSR count). The second-order valence-corrected chi connectivity index (χ2v) is 8.54. The van der Waals surface area contributed by atoms with Crippen molar-refractivity contribution in [2.75, 3.05) is 6.54 Å². The van der Waals surface area contributed by atoms with Crippen LogP contribution in [-0.2, 0) is 11.3 Å². The van der Waals surface area contributed by atoms with Crippen LogP contribution in [0.25, 0.3) is 15.9 Å². The monoisotopic (exact) mass is 411 g/mol. The van der Waals surface area contributed by atoms with E-state index in [-0.39, 0.29) is 24.1 Å². The number of fused-ring (bicyclic) bond motifs is 1. The first-order valence-corrected chi connectivity index (χ1v) is 11.0. The standard InChI is InChI=1S/C22H25N3O3S/c1-3-16-6-4-5-12-23(16)19(26)14-24-18-11-13-29-20(18)21(27)25(22(24)28)17-9-7-15(2)8-10-17/h7-11,13,16H,3-6,12,14H2,1-2H3/t16-/m1/s1. The molecule has 1 saturated heterocycles. The molecule has 1 amide bonds. The summed E-state index contributed by atoms with van der Waals surface area (Å²) < 4.78 is 3.12. The number of aryl methyl sites for hydroxylation is 1. The van der Waals surface area contributed by atoms with Crippen molar-refractivity contribution in [2.45, 2.75) is 52.1 Å². The molecule has 6 nitrogen and oxygen atoms in total. The summed E-state index contributed by atoms with van der Waals surface area (Å²) in [4.78, 5) is 41.3. The maximum atomic E-state index is 13.3. The quantitative estimate of drug-likeness (QED) is 0.662. The number of hydrogen-bond acceptors (Lipinski definition) is 4. The molecule has 0 bridgehead atoms. The van der Waals surface area contributed by atoms with Gasteiger partial charge in [0.05, 0.1) is 11.2 Å². The largest absolute Gasteiger partial charge is 0.338 e. The average molecular weight is 412 g/mol. The molecule has 29 heavy (non-hydrogen) atoms. The van der Waals surface area contributed by atoms with E-state index in [1.54, 1.807) is 23.6 Å². The Morgan fingerprint density at radius 2 is 1.90 bits per heavy atom. The summed E-state index contributed by atoms with van der Waals surface area (Å²) in [6, 6.07) is 9.25. The highest BCUT2D eigenvalue weighted by molar-refractivity contribution is 7.17. The Morgan fingerprint density at radius 3 is 2.62 bits per heavy atom. The minimum Gasteiger partial charge on any atom is -0.338 e. The third-order valence-corrected chi connectivity index (χ3v) is 6.65. The summed E-state index contributed by atoms with van der Waals surface area (Å²) in [5.74, 6) is -0.0553. The SMILES string of the molecule is CC[C@@H]1CCCCN1C(=O)Cn1c(=O)n(-c2ccc(C)cc2)c(=O)c2sccc21. The summed E-state index contributed by atoms with van der Waals surface area (Å²) in [6.45, 7) is 4.73. The number of carbonyl (C=O) groups is 1. The minimum atomic E-state index is -0.469. The molecule has 0 saturated carbocycles. The van der Waals surface area contributed by atoms with E-state index >= 15 is 0 Å². The van der Waals surface area contributed by atoms with Gasteiger partial charge in [0.25, 0.3) is 5.56 Å². The predicted octanol–water partition coefficient (Wildman–Crippen LogP) is 3.31. The highest BCUT2D eigenvalue weighted by Crippen LogP contribution is 2.21. The van der Waals surface area contributed by atoms with Crippen molar-refractivity contribution in [3.8, 4) is 5.69 Å². The highest BCUT2D eigenvalue weighted by atomic mass is 32.1. The molecule has 1 atom stereocenters. The number of benzene rings is 1. The first-order chi connectivity index (χ1) is 14.0. The molecular formula is C22H25N3O3S. The Hall–Kier alpha value is -2.67. The van der Waals surface area contributed by atoms with E-state index in [0.717, 1.165) is 37.8 Å². The van der Waals surface area contributed by atoms with E-state index in [1.807, 2.05) is 24.0 Å². The van der Waals surface area contributed by atoms with Crippen LogP contribution in [-0.4, -0.2) is 32.5 Å². The van der Waals surface area contributed by atoms with Gasteiger partial charge in [-0.25, -0.2) is 9.36 Å². The van der Waals surface area contributed by atoms with Crippen LogP contribution in [0.4, 0.5) is 0 Å². The van der Waals surface area contributed by atoms with Crippen LogP contribution in [0.2, 0.25) is 0 Å². The van der Waals surface area contributed by atoms with E-state index in [9.17, 15) is 14.4 Å². The molecule has 1 aliphatic heterocycles. The lowest BCUT2D eigenvalue weighted by Gasteiger charge is -2.35. The molecule has 1 fully saturated rings. The first-order valence-electron chi connectivity index (χ1n) is 10.1. The van der Waals surface area contributed by atoms with Crippen LogP contribution in [0.15, 0.2) is 45.3 Å². The molecule has 3 heterocycles. The number of rotatable bonds is 4. The van der Waals surface area contributed by atoms with E-state index in [4.69, 9.17) is 0 Å². The van der Waals surface area contributed by atoms with Crippen molar-refractivity contribution in [1.82, 2.24) is 14.0 Å². The van der Waals surface area contributed by atoms with Crippen molar-refractivity contribution >= 4 is 27.5 Å². The van der Waals surface area contributed by atoms with Crippen LogP contribution < -0.4 is 11.2 Å². The summed E-state index contributed by atoms with van der Waals surface area (Å²) in [5.41, 5.74) is 1.30. The third-order valence-electron chi connectivity index (χ3n) is 5.76. The van der Waals surface area contributed by atoms with Gasteiger partial charge in [0, 0.05) is 12.6 Å². The van der Waals surface area contributed by atoms with Gasteiger partial charge in [-0.2, -0.15) is 0 Å². The van der Waals surface area contributed by atoms with Gasteiger partial charge in [-0.1, -0.05) is 24.6 Å². The van der Waals surface area contributed by atoms with Crippen molar-refractivity contribution in [3.63, 3.8) is 0 Å². The van der Waals surface area contributed by atoms with E-state index < -0.39 is 5.69 Å². The number of likely N-dealkylation sites (tertiary alicyclic amines) is 1. The molecule has 2 aromatic heterocycles. The molecular weight excluding hydrogens is 386 g/mol. The Bertz CT molecular complexity index is 1160. The lowest BCUT2D eigenvalue weighted by Crippen LogP contribution is -2.47. The van der Waals surface area contributed by atoms with Gasteiger partial charge in [-0.3, -0.25) is 14.2 Å². The molecule has 1 aliphatic rings. The van der Waals surface area contributed by atoms with Gasteiger partial charge in [0.2, 0.25) is 5.91 Å². The lowest BCUT2D eigenvalue weighted by molar-refractivity contribution is -0.135. The molecule has 0 aliphatic carbocycles. The van der Waals surface area contributed by atoms with Gasteiger partial charge < -0.3 is 4.90 Å². The molecule has 152 valence electrons. The molecule has 0 spiro atoms. The number of aromatic nitrogens is 2. The van der Waals surface area contributed by atoms with Gasteiger partial charge in [-0.15, -0.1) is 11.3 Å². The highest BCUT2D eigenvalue weighted by Gasteiger charge is 2.26. The van der Waals surface area contributed by atoms with Gasteiger partial charge >= 0.3 is 5.69 Å². The van der Waals surface area contributed by atoms with Crippen LogP contribution in [0.5, 0.6) is 0 Å². The zero-order valence-corrected chi connectivity index (χ0v) is 17.6.